The number of aliphatic hydroxyl groups excluding tert-OH is 1. The maximum Gasteiger partial charge on any atom is 0.191 e. The highest BCUT2D eigenvalue weighted by molar-refractivity contribution is 6.74. The Bertz CT molecular complexity index is 358. The van der Waals surface area contributed by atoms with Crippen LogP contribution in [0, 0.1) is 17.8 Å². The summed E-state index contributed by atoms with van der Waals surface area (Å²) in [4.78, 5) is 0. The first-order valence-corrected chi connectivity index (χ1v) is 14.8. The quantitative estimate of drug-likeness (QED) is 0.657. The Morgan fingerprint density at radius 1 is 0.696 bits per heavy atom. The van der Waals surface area contributed by atoms with Crippen LogP contribution in [0.5, 0.6) is 0 Å². The molecular formula is C18H40O3Si2. The largest absolute Gasteiger partial charge is 0.417 e. The van der Waals surface area contributed by atoms with Crippen LogP contribution in [0.25, 0.3) is 0 Å². The lowest BCUT2D eigenvalue weighted by molar-refractivity contribution is 0.232. The second-order valence-electron chi connectivity index (χ2n) is 10.3. The smallest absolute Gasteiger partial charge is 0.191 e. The highest BCUT2D eigenvalue weighted by Gasteiger charge is 2.52. The minimum absolute atomic E-state index is 0.240. The molecule has 23 heavy (non-hydrogen) atoms. The molecule has 0 aromatic carbocycles. The molecule has 0 heterocycles. The summed E-state index contributed by atoms with van der Waals surface area (Å²) in [5.74, 6) is 1.31. The van der Waals surface area contributed by atoms with Crippen molar-refractivity contribution in [2.24, 2.45) is 17.8 Å². The first-order chi connectivity index (χ1) is 10.1. The van der Waals surface area contributed by atoms with Crippen LogP contribution in [0.3, 0.4) is 0 Å². The van der Waals surface area contributed by atoms with Crippen LogP contribution in [0.1, 0.15) is 41.5 Å². The van der Waals surface area contributed by atoms with Crippen molar-refractivity contribution in [2.75, 3.05) is 19.8 Å². The molecule has 0 saturated heterocycles. The van der Waals surface area contributed by atoms with Gasteiger partial charge in [-0.25, -0.2) is 0 Å². The molecule has 1 N–H and O–H groups in total. The lowest BCUT2D eigenvalue weighted by Gasteiger charge is -2.37. The van der Waals surface area contributed by atoms with Gasteiger partial charge in [0.1, 0.15) is 0 Å². The van der Waals surface area contributed by atoms with Crippen molar-refractivity contribution >= 4 is 16.6 Å². The summed E-state index contributed by atoms with van der Waals surface area (Å²) in [6.45, 7) is 24.6. The summed E-state index contributed by atoms with van der Waals surface area (Å²) in [6.07, 6.45) is 0. The standard InChI is InChI=1S/C18H40O3Si2/c1-17(2,3)22(7,8)20-12-15-14(11-19)16(15)13-21-23(9,10)18(4,5)6/h14-16,19H,11-13H2,1-10H3/t14?,15-,16+. The predicted molar refractivity (Wildman–Crippen MR) is 104 cm³/mol. The zero-order valence-corrected chi connectivity index (χ0v) is 19.1. The Labute approximate surface area is 146 Å². The summed E-state index contributed by atoms with van der Waals surface area (Å²) in [5.41, 5.74) is 0. The topological polar surface area (TPSA) is 38.7 Å². The van der Waals surface area contributed by atoms with Gasteiger partial charge >= 0.3 is 0 Å². The second-order valence-corrected chi connectivity index (χ2v) is 19.9. The normalized spacial score (nSPS) is 26.5. The van der Waals surface area contributed by atoms with E-state index in [2.05, 4.69) is 67.7 Å². The Hall–Kier alpha value is 0.314. The molecule has 0 aromatic rings. The first kappa shape index (κ1) is 21.4. The molecule has 0 aromatic heterocycles. The van der Waals surface area contributed by atoms with Crippen LogP contribution < -0.4 is 0 Å². The lowest BCUT2D eigenvalue weighted by atomic mass is 10.2. The fourth-order valence-corrected chi connectivity index (χ4v) is 4.42. The van der Waals surface area contributed by atoms with E-state index in [4.69, 9.17) is 8.85 Å². The molecule has 0 bridgehead atoms. The SMILES string of the molecule is CC(C)(C)[Si](C)(C)OC[C@@H]1C(CO)[C@@H]1CO[Si](C)(C)C(C)(C)C. The second kappa shape index (κ2) is 6.91. The van der Waals surface area contributed by atoms with Crippen molar-refractivity contribution in [3.8, 4) is 0 Å². The Morgan fingerprint density at radius 2 is 1.00 bits per heavy atom. The predicted octanol–water partition coefficient (Wildman–Crippen LogP) is 4.88. The van der Waals surface area contributed by atoms with Gasteiger partial charge in [-0.1, -0.05) is 41.5 Å². The van der Waals surface area contributed by atoms with Gasteiger partial charge in [-0.3, -0.25) is 0 Å². The van der Waals surface area contributed by atoms with Crippen molar-refractivity contribution in [1.29, 1.82) is 0 Å². The third-order valence-electron chi connectivity index (χ3n) is 6.61. The van der Waals surface area contributed by atoms with Gasteiger partial charge in [-0.05, 0) is 54.0 Å². The van der Waals surface area contributed by atoms with Crippen molar-refractivity contribution < 1.29 is 14.0 Å². The fourth-order valence-electron chi connectivity index (χ4n) is 2.33. The number of aliphatic hydroxyl groups is 1. The summed E-state index contributed by atoms with van der Waals surface area (Å²) in [7, 11) is -3.41. The molecule has 1 fully saturated rings. The highest BCUT2D eigenvalue weighted by atomic mass is 28.4. The van der Waals surface area contributed by atoms with Crippen LogP contribution >= 0.6 is 0 Å². The molecule has 3 atom stereocenters. The molecule has 138 valence electrons. The molecule has 0 amide bonds. The van der Waals surface area contributed by atoms with Crippen molar-refractivity contribution in [3.63, 3.8) is 0 Å². The van der Waals surface area contributed by atoms with Crippen LogP contribution in [0.15, 0.2) is 0 Å². The Morgan fingerprint density at radius 3 is 1.22 bits per heavy atom. The highest BCUT2D eigenvalue weighted by Crippen LogP contribution is 2.49. The summed E-state index contributed by atoms with van der Waals surface area (Å²) in [5, 5.41) is 10.1. The molecule has 3 nitrogen and oxygen atoms in total. The maximum absolute atomic E-state index is 9.64. The minimum Gasteiger partial charge on any atom is -0.417 e. The van der Waals surface area contributed by atoms with E-state index >= 15 is 0 Å². The third kappa shape index (κ3) is 5.14. The van der Waals surface area contributed by atoms with Gasteiger partial charge < -0.3 is 14.0 Å². The van der Waals surface area contributed by atoms with E-state index in [0.29, 0.717) is 17.8 Å². The van der Waals surface area contributed by atoms with E-state index in [1.807, 2.05) is 0 Å². The molecule has 0 spiro atoms. The van der Waals surface area contributed by atoms with Crippen molar-refractivity contribution in [2.45, 2.75) is 77.8 Å². The van der Waals surface area contributed by atoms with Gasteiger partial charge in [0.2, 0.25) is 0 Å². The monoisotopic (exact) mass is 360 g/mol. The molecule has 1 rings (SSSR count). The molecular weight excluding hydrogens is 320 g/mol. The number of rotatable bonds is 7. The molecule has 1 aliphatic carbocycles. The summed E-state index contributed by atoms with van der Waals surface area (Å²) in [6, 6.07) is 0. The van der Waals surface area contributed by atoms with E-state index in [0.717, 1.165) is 13.2 Å². The van der Waals surface area contributed by atoms with Crippen molar-refractivity contribution in [1.82, 2.24) is 0 Å². The van der Waals surface area contributed by atoms with E-state index in [9.17, 15) is 5.11 Å². The fraction of sp³-hybridized carbons (Fsp3) is 1.00. The van der Waals surface area contributed by atoms with Gasteiger partial charge in [0, 0.05) is 19.8 Å². The summed E-state index contributed by atoms with van der Waals surface area (Å²) >= 11 is 0. The lowest BCUT2D eigenvalue weighted by Crippen LogP contribution is -2.42. The Balaban J connectivity index is 2.54. The van der Waals surface area contributed by atoms with Crippen LogP contribution in [0.2, 0.25) is 36.3 Å². The van der Waals surface area contributed by atoms with E-state index in [1.165, 1.54) is 0 Å². The molecule has 0 aliphatic heterocycles. The maximum atomic E-state index is 9.64. The molecule has 0 radical (unpaired) electrons. The molecule has 1 aliphatic rings. The van der Waals surface area contributed by atoms with Gasteiger partial charge in [0.15, 0.2) is 16.6 Å². The van der Waals surface area contributed by atoms with Gasteiger partial charge in [0.25, 0.3) is 0 Å². The van der Waals surface area contributed by atoms with Gasteiger partial charge in [-0.15, -0.1) is 0 Å². The van der Waals surface area contributed by atoms with Crippen LogP contribution in [-0.4, -0.2) is 41.6 Å². The first-order valence-electron chi connectivity index (χ1n) is 9.03. The van der Waals surface area contributed by atoms with E-state index in [1.54, 1.807) is 0 Å². The van der Waals surface area contributed by atoms with Crippen molar-refractivity contribution in [3.05, 3.63) is 0 Å². The molecule has 5 heteroatoms. The zero-order chi connectivity index (χ0) is 18.3. The number of hydrogen-bond donors (Lipinski definition) is 1. The minimum atomic E-state index is -1.70. The van der Waals surface area contributed by atoms with E-state index < -0.39 is 16.6 Å². The van der Waals surface area contributed by atoms with Gasteiger partial charge in [0.05, 0.1) is 0 Å². The average Bonchev–Trinajstić information content (AvgIpc) is 3.03. The molecule has 1 unspecified atom stereocenters. The zero-order valence-electron chi connectivity index (χ0n) is 17.1. The number of hydrogen-bond acceptors (Lipinski definition) is 3. The van der Waals surface area contributed by atoms with Gasteiger partial charge in [-0.2, -0.15) is 0 Å². The molecule has 1 saturated carbocycles. The van der Waals surface area contributed by atoms with Crippen LogP contribution in [0.4, 0.5) is 0 Å². The average molecular weight is 361 g/mol. The van der Waals surface area contributed by atoms with E-state index in [-0.39, 0.29) is 16.7 Å². The Kier molecular flexibility index (Phi) is 6.41. The third-order valence-corrected chi connectivity index (χ3v) is 15.6. The summed E-state index contributed by atoms with van der Waals surface area (Å²) < 4.78 is 12.7. The van der Waals surface area contributed by atoms with Crippen LogP contribution in [-0.2, 0) is 8.85 Å².